The van der Waals surface area contributed by atoms with Gasteiger partial charge in [0.2, 0.25) is 5.91 Å². The van der Waals surface area contributed by atoms with Gasteiger partial charge in [0.05, 0.1) is 25.7 Å². The second kappa shape index (κ2) is 5.82. The fourth-order valence-corrected chi connectivity index (χ4v) is 3.87. The van der Waals surface area contributed by atoms with Crippen LogP contribution in [0.25, 0.3) is 0 Å². The molecule has 3 saturated heterocycles. The summed E-state index contributed by atoms with van der Waals surface area (Å²) in [5.41, 5.74) is 0. The number of amides is 4. The Labute approximate surface area is 126 Å². The van der Waals surface area contributed by atoms with Gasteiger partial charge in [-0.3, -0.25) is 19.8 Å². The fourth-order valence-electron chi connectivity index (χ4n) is 2.93. The van der Waals surface area contributed by atoms with Crippen LogP contribution in [0.5, 0.6) is 0 Å². The molecule has 0 aromatic rings. The van der Waals surface area contributed by atoms with Gasteiger partial charge in [0.1, 0.15) is 6.04 Å². The van der Waals surface area contributed by atoms with Crippen LogP contribution in [0.1, 0.15) is 0 Å². The number of imide groups is 1. The summed E-state index contributed by atoms with van der Waals surface area (Å²) in [5, 5.41) is 12.1. The Balaban J connectivity index is 1.68. The highest BCUT2D eigenvalue weighted by molar-refractivity contribution is 7.99. The number of β-amino-alcohol motifs (C(OH)–C–C–N with tert-alkyl or cyclic N) is 1. The summed E-state index contributed by atoms with van der Waals surface area (Å²) in [5.74, 6) is 1.19. The highest BCUT2D eigenvalue weighted by Gasteiger charge is 2.48. The zero-order valence-electron chi connectivity index (χ0n) is 11.5. The number of carbonyl (C=O) groups is 3. The van der Waals surface area contributed by atoms with Crippen LogP contribution in [0.15, 0.2) is 0 Å². The third-order valence-electron chi connectivity index (χ3n) is 4.06. The number of nitrogens with one attached hydrogen (secondary N) is 1. The van der Waals surface area contributed by atoms with Crippen LogP contribution in [0, 0.1) is 0 Å². The molecule has 9 heteroatoms. The second-order valence-electron chi connectivity index (χ2n) is 5.26. The summed E-state index contributed by atoms with van der Waals surface area (Å²) in [6.45, 7) is 0.824. The van der Waals surface area contributed by atoms with Crippen LogP contribution in [0.4, 0.5) is 4.79 Å². The number of hydrogen-bond acceptors (Lipinski definition) is 6. The zero-order valence-corrected chi connectivity index (χ0v) is 12.3. The van der Waals surface area contributed by atoms with Gasteiger partial charge in [-0.15, -0.1) is 11.8 Å². The monoisotopic (exact) mass is 314 g/mol. The molecule has 0 spiro atoms. The van der Waals surface area contributed by atoms with Gasteiger partial charge in [-0.2, -0.15) is 0 Å². The van der Waals surface area contributed by atoms with Gasteiger partial charge in [-0.05, 0) is 0 Å². The normalized spacial score (nSPS) is 29.3. The van der Waals surface area contributed by atoms with Gasteiger partial charge in [0.25, 0.3) is 5.91 Å². The van der Waals surface area contributed by atoms with Gasteiger partial charge >= 0.3 is 6.03 Å². The Kier molecular flexibility index (Phi) is 4.05. The molecule has 8 nitrogen and oxygen atoms in total. The van der Waals surface area contributed by atoms with Crippen LogP contribution in [0.3, 0.4) is 0 Å². The van der Waals surface area contributed by atoms with Gasteiger partial charge in [0, 0.05) is 24.7 Å². The quantitative estimate of drug-likeness (QED) is 0.592. The van der Waals surface area contributed by atoms with Crippen molar-refractivity contribution in [1.29, 1.82) is 0 Å². The van der Waals surface area contributed by atoms with E-state index >= 15 is 0 Å². The SMILES string of the molecule is O=C(C1CSCN1)N1CCN2C(=O)N(CCO)C(=O)C2C1. The highest BCUT2D eigenvalue weighted by atomic mass is 32.2. The van der Waals surface area contributed by atoms with Crippen molar-refractivity contribution in [1.82, 2.24) is 20.0 Å². The minimum absolute atomic E-state index is 0.000470. The van der Waals surface area contributed by atoms with E-state index in [-0.39, 0.29) is 43.6 Å². The Morgan fingerprint density at radius 1 is 1.38 bits per heavy atom. The van der Waals surface area contributed by atoms with Gasteiger partial charge in [-0.25, -0.2) is 4.79 Å². The first-order valence-electron chi connectivity index (χ1n) is 6.96. The van der Waals surface area contributed by atoms with Crippen molar-refractivity contribution in [3.05, 3.63) is 0 Å². The lowest BCUT2D eigenvalue weighted by Gasteiger charge is -2.36. The summed E-state index contributed by atoms with van der Waals surface area (Å²) in [6, 6.07) is -1.15. The molecule has 0 aromatic heterocycles. The number of aliphatic hydroxyl groups excluding tert-OH is 1. The largest absolute Gasteiger partial charge is 0.395 e. The van der Waals surface area contributed by atoms with E-state index in [2.05, 4.69) is 5.32 Å². The van der Waals surface area contributed by atoms with Crippen molar-refractivity contribution >= 4 is 29.6 Å². The predicted octanol–water partition coefficient (Wildman–Crippen LogP) is -1.88. The number of thioether (sulfide) groups is 1. The number of nitrogens with zero attached hydrogens (tertiary/aromatic N) is 3. The van der Waals surface area contributed by atoms with E-state index in [4.69, 9.17) is 5.11 Å². The van der Waals surface area contributed by atoms with Crippen molar-refractivity contribution in [2.75, 3.05) is 44.4 Å². The van der Waals surface area contributed by atoms with Crippen LogP contribution >= 0.6 is 11.8 Å². The molecule has 2 unspecified atom stereocenters. The molecule has 3 heterocycles. The molecule has 21 heavy (non-hydrogen) atoms. The molecule has 0 aliphatic carbocycles. The number of carbonyl (C=O) groups excluding carboxylic acids is 3. The average molecular weight is 314 g/mol. The minimum atomic E-state index is -0.601. The number of aliphatic hydroxyl groups is 1. The molecule has 3 fully saturated rings. The Morgan fingerprint density at radius 2 is 2.19 bits per heavy atom. The standard InChI is InChI=1S/C12H18N4O4S/c17-4-3-16-11(19)9-5-14(1-2-15(9)12(16)20)10(18)8-6-21-7-13-8/h8-9,13,17H,1-7H2. The molecule has 0 saturated carbocycles. The number of urea groups is 1. The molecule has 0 radical (unpaired) electrons. The lowest BCUT2D eigenvalue weighted by atomic mass is 10.1. The molecular formula is C12H18N4O4S. The van der Waals surface area contributed by atoms with E-state index in [0.29, 0.717) is 13.1 Å². The summed E-state index contributed by atoms with van der Waals surface area (Å²) in [7, 11) is 0. The number of rotatable bonds is 3. The minimum Gasteiger partial charge on any atom is -0.395 e. The average Bonchev–Trinajstić information content (AvgIpc) is 3.10. The fraction of sp³-hybridized carbons (Fsp3) is 0.750. The first-order valence-corrected chi connectivity index (χ1v) is 8.11. The summed E-state index contributed by atoms with van der Waals surface area (Å²) in [6.07, 6.45) is 0. The number of hydrogen-bond donors (Lipinski definition) is 2. The van der Waals surface area contributed by atoms with Crippen LogP contribution in [-0.2, 0) is 9.59 Å². The molecule has 3 aliphatic heterocycles. The molecule has 0 aromatic carbocycles. The molecular weight excluding hydrogens is 296 g/mol. The van der Waals surface area contributed by atoms with Crippen molar-refractivity contribution in [3.8, 4) is 0 Å². The molecule has 2 N–H and O–H groups in total. The lowest BCUT2D eigenvalue weighted by molar-refractivity contribution is -0.137. The second-order valence-corrected chi connectivity index (χ2v) is 6.29. The van der Waals surface area contributed by atoms with E-state index in [1.165, 1.54) is 4.90 Å². The van der Waals surface area contributed by atoms with E-state index in [1.54, 1.807) is 16.7 Å². The molecule has 2 atom stereocenters. The first kappa shape index (κ1) is 14.6. The molecule has 3 aliphatic rings. The Bertz CT molecular complexity index is 468. The molecule has 0 bridgehead atoms. The smallest absolute Gasteiger partial charge is 0.327 e. The van der Waals surface area contributed by atoms with Crippen molar-refractivity contribution < 1.29 is 19.5 Å². The van der Waals surface area contributed by atoms with E-state index in [0.717, 1.165) is 16.5 Å². The van der Waals surface area contributed by atoms with E-state index in [9.17, 15) is 14.4 Å². The van der Waals surface area contributed by atoms with Crippen molar-refractivity contribution in [2.45, 2.75) is 12.1 Å². The van der Waals surface area contributed by atoms with Crippen LogP contribution < -0.4 is 5.32 Å². The third-order valence-corrected chi connectivity index (χ3v) is 5.00. The van der Waals surface area contributed by atoms with Crippen molar-refractivity contribution in [2.24, 2.45) is 0 Å². The first-order chi connectivity index (χ1) is 10.1. The molecule has 3 rings (SSSR count). The summed E-state index contributed by atoms with van der Waals surface area (Å²) >= 11 is 1.68. The van der Waals surface area contributed by atoms with E-state index in [1.807, 2.05) is 0 Å². The lowest BCUT2D eigenvalue weighted by Crippen LogP contribution is -2.57. The maximum atomic E-state index is 12.4. The summed E-state index contributed by atoms with van der Waals surface area (Å²) in [4.78, 5) is 40.9. The maximum absolute atomic E-state index is 12.4. The van der Waals surface area contributed by atoms with E-state index < -0.39 is 6.04 Å². The Morgan fingerprint density at radius 3 is 2.86 bits per heavy atom. The molecule has 4 amide bonds. The number of fused-ring (bicyclic) bond motifs is 1. The van der Waals surface area contributed by atoms with Crippen LogP contribution in [-0.4, -0.2) is 94.2 Å². The number of piperazine rings is 1. The topological polar surface area (TPSA) is 93.2 Å². The van der Waals surface area contributed by atoms with Crippen LogP contribution in [0.2, 0.25) is 0 Å². The Hall–Kier alpha value is -1.32. The van der Waals surface area contributed by atoms with Crippen molar-refractivity contribution in [3.63, 3.8) is 0 Å². The van der Waals surface area contributed by atoms with Gasteiger partial charge < -0.3 is 14.9 Å². The molecule has 116 valence electrons. The maximum Gasteiger partial charge on any atom is 0.327 e. The highest BCUT2D eigenvalue weighted by Crippen LogP contribution is 2.23. The summed E-state index contributed by atoms with van der Waals surface area (Å²) < 4.78 is 0. The van der Waals surface area contributed by atoms with Gasteiger partial charge in [0.15, 0.2) is 0 Å². The predicted molar refractivity (Wildman–Crippen MR) is 75.5 cm³/mol. The zero-order chi connectivity index (χ0) is 15.0. The van der Waals surface area contributed by atoms with Gasteiger partial charge in [-0.1, -0.05) is 0 Å². The third kappa shape index (κ3) is 2.49.